The van der Waals surface area contributed by atoms with Gasteiger partial charge in [-0.05, 0) is 57.6 Å². The first kappa shape index (κ1) is 14.0. The summed E-state index contributed by atoms with van der Waals surface area (Å²) in [6.45, 7) is 4.43. The first-order valence-electron chi connectivity index (χ1n) is 6.70. The van der Waals surface area contributed by atoms with Gasteiger partial charge in [-0.1, -0.05) is 25.5 Å². The number of unbranched alkanes of at least 4 members (excludes halogenated alkanes) is 1. The van der Waals surface area contributed by atoms with Crippen LogP contribution >= 0.6 is 0 Å². The SMILES string of the molecule is CCCCc1ccc(NCCCN(C)C)cc1. The molecule has 0 spiro atoms. The molecule has 0 aliphatic heterocycles. The average Bonchev–Trinajstić information content (AvgIpc) is 2.33. The Labute approximate surface area is 106 Å². The van der Waals surface area contributed by atoms with E-state index in [1.807, 2.05) is 0 Å². The number of hydrogen-bond donors (Lipinski definition) is 1. The summed E-state index contributed by atoms with van der Waals surface area (Å²) in [5, 5.41) is 3.46. The van der Waals surface area contributed by atoms with Crippen LogP contribution in [0.2, 0.25) is 0 Å². The van der Waals surface area contributed by atoms with E-state index < -0.39 is 0 Å². The second-order valence-corrected chi connectivity index (χ2v) is 4.88. The molecule has 0 aromatic heterocycles. The second-order valence-electron chi connectivity index (χ2n) is 4.88. The normalized spacial score (nSPS) is 10.8. The number of nitrogens with one attached hydrogen (secondary N) is 1. The van der Waals surface area contributed by atoms with Gasteiger partial charge in [0.05, 0.1) is 0 Å². The van der Waals surface area contributed by atoms with Crippen molar-refractivity contribution >= 4 is 5.69 Å². The topological polar surface area (TPSA) is 15.3 Å². The van der Waals surface area contributed by atoms with Gasteiger partial charge < -0.3 is 10.2 Å². The molecule has 2 nitrogen and oxygen atoms in total. The van der Waals surface area contributed by atoms with Crippen molar-refractivity contribution in [1.29, 1.82) is 0 Å². The zero-order chi connectivity index (χ0) is 12.5. The molecule has 0 heterocycles. The van der Waals surface area contributed by atoms with Crippen LogP contribution in [0.1, 0.15) is 31.7 Å². The molecule has 1 rings (SSSR count). The Morgan fingerprint density at radius 2 is 1.76 bits per heavy atom. The van der Waals surface area contributed by atoms with Gasteiger partial charge in [-0.15, -0.1) is 0 Å². The van der Waals surface area contributed by atoms with Crippen LogP contribution in [0.4, 0.5) is 5.69 Å². The van der Waals surface area contributed by atoms with Gasteiger partial charge in [0.1, 0.15) is 0 Å². The molecule has 0 fully saturated rings. The summed E-state index contributed by atoms with van der Waals surface area (Å²) in [5.74, 6) is 0. The van der Waals surface area contributed by atoms with Crippen LogP contribution in [0, 0.1) is 0 Å². The van der Waals surface area contributed by atoms with Crippen molar-refractivity contribution in [2.75, 3.05) is 32.5 Å². The third kappa shape index (κ3) is 6.32. The Balaban J connectivity index is 2.25. The molecule has 0 aliphatic carbocycles. The third-order valence-corrected chi connectivity index (χ3v) is 2.88. The molecule has 0 saturated heterocycles. The van der Waals surface area contributed by atoms with Crippen LogP contribution < -0.4 is 5.32 Å². The van der Waals surface area contributed by atoms with Crippen molar-refractivity contribution < 1.29 is 0 Å². The van der Waals surface area contributed by atoms with E-state index in [0.29, 0.717) is 0 Å². The van der Waals surface area contributed by atoms with E-state index in [1.165, 1.54) is 36.9 Å². The van der Waals surface area contributed by atoms with E-state index in [1.54, 1.807) is 0 Å². The van der Waals surface area contributed by atoms with Gasteiger partial charge in [0, 0.05) is 12.2 Å². The lowest BCUT2D eigenvalue weighted by atomic mass is 10.1. The van der Waals surface area contributed by atoms with Gasteiger partial charge in [0.25, 0.3) is 0 Å². The predicted molar refractivity (Wildman–Crippen MR) is 76.7 cm³/mol. The maximum atomic E-state index is 3.46. The molecule has 0 bridgehead atoms. The summed E-state index contributed by atoms with van der Waals surface area (Å²) in [4.78, 5) is 2.22. The fourth-order valence-corrected chi connectivity index (χ4v) is 1.80. The lowest BCUT2D eigenvalue weighted by Gasteiger charge is -2.11. The highest BCUT2D eigenvalue weighted by atomic mass is 15.1. The first-order valence-corrected chi connectivity index (χ1v) is 6.70. The smallest absolute Gasteiger partial charge is 0.0340 e. The quantitative estimate of drug-likeness (QED) is 0.694. The standard InChI is InChI=1S/C15H26N2/c1-4-5-7-14-8-10-15(11-9-14)16-12-6-13-17(2)3/h8-11,16H,4-7,12-13H2,1-3H3. The zero-order valence-electron chi connectivity index (χ0n) is 11.5. The summed E-state index contributed by atoms with van der Waals surface area (Å²) < 4.78 is 0. The Morgan fingerprint density at radius 1 is 1.06 bits per heavy atom. The fourth-order valence-electron chi connectivity index (χ4n) is 1.80. The molecular formula is C15H26N2. The first-order chi connectivity index (χ1) is 8.22. The van der Waals surface area contributed by atoms with E-state index in [-0.39, 0.29) is 0 Å². The van der Waals surface area contributed by atoms with Gasteiger partial charge in [-0.25, -0.2) is 0 Å². The molecule has 0 amide bonds. The number of anilines is 1. The van der Waals surface area contributed by atoms with Crippen LogP contribution in [0.5, 0.6) is 0 Å². The molecule has 1 aromatic carbocycles. The average molecular weight is 234 g/mol. The maximum absolute atomic E-state index is 3.46. The molecule has 1 aromatic rings. The van der Waals surface area contributed by atoms with Crippen LogP contribution in [0.3, 0.4) is 0 Å². The van der Waals surface area contributed by atoms with Crippen LogP contribution in [-0.2, 0) is 6.42 Å². The molecule has 2 heteroatoms. The molecule has 0 aliphatic rings. The Bertz CT molecular complexity index is 290. The highest BCUT2D eigenvalue weighted by Gasteiger charge is 1.95. The van der Waals surface area contributed by atoms with E-state index in [0.717, 1.165) is 13.1 Å². The number of aryl methyl sites for hydroxylation is 1. The van der Waals surface area contributed by atoms with Gasteiger partial charge in [-0.3, -0.25) is 0 Å². The van der Waals surface area contributed by atoms with Crippen LogP contribution in [0.15, 0.2) is 24.3 Å². The van der Waals surface area contributed by atoms with E-state index in [2.05, 4.69) is 55.5 Å². The lowest BCUT2D eigenvalue weighted by molar-refractivity contribution is 0.405. The minimum Gasteiger partial charge on any atom is -0.385 e. The summed E-state index contributed by atoms with van der Waals surface area (Å²) in [6.07, 6.45) is 4.95. The molecule has 0 unspecified atom stereocenters. The molecule has 1 N–H and O–H groups in total. The minimum atomic E-state index is 1.05. The van der Waals surface area contributed by atoms with Crippen LogP contribution in [0.25, 0.3) is 0 Å². The van der Waals surface area contributed by atoms with E-state index in [9.17, 15) is 0 Å². The van der Waals surface area contributed by atoms with Gasteiger partial charge in [0.2, 0.25) is 0 Å². The van der Waals surface area contributed by atoms with Crippen molar-refractivity contribution in [3.8, 4) is 0 Å². The largest absolute Gasteiger partial charge is 0.385 e. The van der Waals surface area contributed by atoms with Gasteiger partial charge in [-0.2, -0.15) is 0 Å². The molecule has 0 saturated carbocycles. The number of hydrogen-bond acceptors (Lipinski definition) is 2. The Hall–Kier alpha value is -1.02. The minimum absolute atomic E-state index is 1.05. The highest BCUT2D eigenvalue weighted by molar-refractivity contribution is 5.44. The zero-order valence-corrected chi connectivity index (χ0v) is 11.5. The maximum Gasteiger partial charge on any atom is 0.0340 e. The summed E-state index contributed by atoms with van der Waals surface area (Å²) >= 11 is 0. The highest BCUT2D eigenvalue weighted by Crippen LogP contribution is 2.11. The Morgan fingerprint density at radius 3 is 2.35 bits per heavy atom. The molecule has 0 atom stereocenters. The molecule has 0 radical (unpaired) electrons. The second kappa shape index (κ2) is 8.13. The number of nitrogens with zero attached hydrogens (tertiary/aromatic N) is 1. The summed E-state index contributed by atoms with van der Waals surface area (Å²) in [6, 6.07) is 8.87. The number of benzene rings is 1. The van der Waals surface area contributed by atoms with E-state index >= 15 is 0 Å². The monoisotopic (exact) mass is 234 g/mol. The van der Waals surface area contributed by atoms with Gasteiger partial charge in [0.15, 0.2) is 0 Å². The summed E-state index contributed by atoms with van der Waals surface area (Å²) in [7, 11) is 4.23. The third-order valence-electron chi connectivity index (χ3n) is 2.88. The van der Waals surface area contributed by atoms with Crippen molar-refractivity contribution in [2.24, 2.45) is 0 Å². The van der Waals surface area contributed by atoms with Crippen molar-refractivity contribution in [3.63, 3.8) is 0 Å². The fraction of sp³-hybridized carbons (Fsp3) is 0.600. The lowest BCUT2D eigenvalue weighted by Crippen LogP contribution is -2.16. The number of rotatable bonds is 8. The summed E-state index contributed by atoms with van der Waals surface area (Å²) in [5.41, 5.74) is 2.69. The molecular weight excluding hydrogens is 208 g/mol. The van der Waals surface area contributed by atoms with Crippen molar-refractivity contribution in [3.05, 3.63) is 29.8 Å². The molecule has 96 valence electrons. The van der Waals surface area contributed by atoms with Crippen molar-refractivity contribution in [2.45, 2.75) is 32.6 Å². The molecule has 17 heavy (non-hydrogen) atoms. The Kier molecular flexibility index (Phi) is 6.71. The predicted octanol–water partition coefficient (Wildman–Crippen LogP) is 3.39. The van der Waals surface area contributed by atoms with Crippen molar-refractivity contribution in [1.82, 2.24) is 4.90 Å². The van der Waals surface area contributed by atoms with E-state index in [4.69, 9.17) is 0 Å². The van der Waals surface area contributed by atoms with Crippen LogP contribution in [-0.4, -0.2) is 32.1 Å². The van der Waals surface area contributed by atoms with Gasteiger partial charge >= 0.3 is 0 Å².